The normalized spacial score (nSPS) is 11.3. The molecule has 6 nitrogen and oxygen atoms in total. The van der Waals surface area contributed by atoms with E-state index in [0.717, 1.165) is 10.8 Å². The molecule has 0 aliphatic heterocycles. The third-order valence-corrected chi connectivity index (χ3v) is 2.69. The number of guanidine groups is 1. The zero-order valence-corrected chi connectivity index (χ0v) is 10.4. The quantitative estimate of drug-likeness (QED) is 0.320. The van der Waals surface area contributed by atoms with Crippen molar-refractivity contribution in [2.45, 2.75) is 0 Å². The standard InChI is InChI=1S/C13H14N4O2/c1-19-11-7-9-5-3-2-4-8(9)6-10(11)12(18)16-13(14)17-15/h2-7H,15H2,1H3,(H3,14,16,17,18). The van der Waals surface area contributed by atoms with Crippen molar-refractivity contribution in [2.24, 2.45) is 16.7 Å². The monoisotopic (exact) mass is 258 g/mol. The van der Waals surface area contributed by atoms with Gasteiger partial charge in [-0.05, 0) is 22.9 Å². The van der Waals surface area contributed by atoms with Gasteiger partial charge in [0.25, 0.3) is 5.91 Å². The Bertz CT molecular complexity index is 652. The predicted molar refractivity (Wildman–Crippen MR) is 73.8 cm³/mol. The number of methoxy groups -OCH3 is 1. The molecule has 0 unspecified atom stereocenters. The van der Waals surface area contributed by atoms with E-state index < -0.39 is 5.91 Å². The maximum absolute atomic E-state index is 12.0. The largest absolute Gasteiger partial charge is 0.496 e. The van der Waals surface area contributed by atoms with Gasteiger partial charge in [-0.2, -0.15) is 0 Å². The Morgan fingerprint density at radius 1 is 1.26 bits per heavy atom. The lowest BCUT2D eigenvalue weighted by atomic mass is 10.1. The van der Waals surface area contributed by atoms with Crippen molar-refractivity contribution in [3.8, 4) is 5.75 Å². The fourth-order valence-corrected chi connectivity index (χ4v) is 1.78. The second-order valence-corrected chi connectivity index (χ2v) is 3.87. The van der Waals surface area contributed by atoms with Gasteiger partial charge in [-0.15, -0.1) is 5.10 Å². The first-order valence-corrected chi connectivity index (χ1v) is 5.57. The first kappa shape index (κ1) is 12.7. The fourth-order valence-electron chi connectivity index (χ4n) is 1.78. The molecule has 0 saturated heterocycles. The van der Waals surface area contributed by atoms with Crippen LogP contribution in [0, 0.1) is 0 Å². The number of nitrogens with two attached hydrogens (primary N) is 2. The molecule has 0 spiro atoms. The third kappa shape index (κ3) is 2.57. The summed E-state index contributed by atoms with van der Waals surface area (Å²) in [5, 5.41) is 7.47. The highest BCUT2D eigenvalue weighted by atomic mass is 16.5. The summed E-state index contributed by atoms with van der Waals surface area (Å²) in [6, 6.07) is 11.2. The van der Waals surface area contributed by atoms with E-state index in [1.807, 2.05) is 24.3 Å². The van der Waals surface area contributed by atoms with Gasteiger partial charge in [0, 0.05) is 0 Å². The molecular formula is C13H14N4O2. The van der Waals surface area contributed by atoms with Gasteiger partial charge in [0.05, 0.1) is 12.7 Å². The molecule has 1 amide bonds. The Balaban J connectivity index is 2.49. The van der Waals surface area contributed by atoms with Crippen LogP contribution in [0.25, 0.3) is 10.8 Å². The minimum Gasteiger partial charge on any atom is -0.496 e. The van der Waals surface area contributed by atoms with Crippen LogP contribution in [0.15, 0.2) is 41.5 Å². The summed E-state index contributed by atoms with van der Waals surface area (Å²) in [7, 11) is 1.50. The van der Waals surface area contributed by atoms with Crippen LogP contribution >= 0.6 is 0 Å². The lowest BCUT2D eigenvalue weighted by molar-refractivity contribution is 0.0974. The molecule has 0 atom stereocenters. The van der Waals surface area contributed by atoms with Gasteiger partial charge in [0.2, 0.25) is 5.96 Å². The lowest BCUT2D eigenvalue weighted by Gasteiger charge is -2.10. The second kappa shape index (κ2) is 5.26. The maximum atomic E-state index is 12.0. The first-order chi connectivity index (χ1) is 9.15. The van der Waals surface area contributed by atoms with E-state index in [1.54, 1.807) is 12.1 Å². The predicted octanol–water partition coefficient (Wildman–Crippen LogP) is 0.767. The molecule has 5 N–H and O–H groups in total. The van der Waals surface area contributed by atoms with E-state index in [0.29, 0.717) is 11.3 Å². The molecule has 2 aromatic carbocycles. The highest BCUT2D eigenvalue weighted by Gasteiger charge is 2.14. The summed E-state index contributed by atoms with van der Waals surface area (Å²) in [4.78, 5) is 12.0. The van der Waals surface area contributed by atoms with Crippen molar-refractivity contribution < 1.29 is 9.53 Å². The van der Waals surface area contributed by atoms with Crippen molar-refractivity contribution >= 4 is 22.6 Å². The number of hydrogen-bond donors (Lipinski definition) is 3. The van der Waals surface area contributed by atoms with Gasteiger partial charge in [0.15, 0.2) is 0 Å². The molecule has 0 fully saturated rings. The topological polar surface area (TPSA) is 103 Å². The van der Waals surface area contributed by atoms with Crippen LogP contribution in [0.3, 0.4) is 0 Å². The van der Waals surface area contributed by atoms with Gasteiger partial charge in [-0.25, -0.2) is 0 Å². The van der Waals surface area contributed by atoms with Crippen molar-refractivity contribution in [2.75, 3.05) is 7.11 Å². The van der Waals surface area contributed by atoms with Crippen LogP contribution in [-0.4, -0.2) is 19.0 Å². The number of nitrogens with zero attached hydrogens (tertiary/aromatic N) is 1. The third-order valence-electron chi connectivity index (χ3n) is 2.69. The Kier molecular flexibility index (Phi) is 3.51. The highest BCUT2D eigenvalue weighted by Crippen LogP contribution is 2.25. The Hall–Kier alpha value is -2.76. The summed E-state index contributed by atoms with van der Waals surface area (Å²) in [5.74, 6) is 4.86. The molecule has 0 saturated carbocycles. The van der Waals surface area contributed by atoms with Gasteiger partial charge < -0.3 is 16.3 Å². The summed E-state index contributed by atoms with van der Waals surface area (Å²) in [6.45, 7) is 0. The minimum absolute atomic E-state index is 0.153. The molecular weight excluding hydrogens is 244 g/mol. The number of rotatable bonds is 2. The summed E-state index contributed by atoms with van der Waals surface area (Å²) in [5.41, 5.74) is 5.74. The first-order valence-electron chi connectivity index (χ1n) is 5.57. The van der Waals surface area contributed by atoms with E-state index in [1.165, 1.54) is 7.11 Å². The van der Waals surface area contributed by atoms with Crippen LogP contribution in [0.2, 0.25) is 0 Å². The number of carbonyl (C=O) groups excluding carboxylic acids is 1. The summed E-state index contributed by atoms with van der Waals surface area (Å²) < 4.78 is 5.22. The van der Waals surface area contributed by atoms with Crippen LogP contribution in [-0.2, 0) is 0 Å². The maximum Gasteiger partial charge on any atom is 0.261 e. The molecule has 0 heterocycles. The molecule has 2 rings (SSSR count). The van der Waals surface area contributed by atoms with Crippen molar-refractivity contribution in [3.05, 3.63) is 42.0 Å². The lowest BCUT2D eigenvalue weighted by Crippen LogP contribution is -2.37. The molecule has 2 aromatic rings. The second-order valence-electron chi connectivity index (χ2n) is 3.87. The van der Waals surface area contributed by atoms with Crippen LogP contribution < -0.4 is 21.6 Å². The van der Waals surface area contributed by atoms with Gasteiger partial charge >= 0.3 is 0 Å². The summed E-state index contributed by atoms with van der Waals surface area (Å²) in [6.07, 6.45) is 0. The smallest absolute Gasteiger partial charge is 0.261 e. The number of benzene rings is 2. The van der Waals surface area contributed by atoms with Gasteiger partial charge in [-0.1, -0.05) is 24.3 Å². The van der Waals surface area contributed by atoms with E-state index in [4.69, 9.17) is 16.3 Å². The molecule has 98 valence electrons. The SMILES string of the molecule is COc1cc2ccccc2cc1C(=O)NC(N)=NN. The number of hydrogen-bond acceptors (Lipinski definition) is 4. The van der Waals surface area contributed by atoms with E-state index in [2.05, 4.69) is 10.4 Å². The number of hydrazone groups is 1. The van der Waals surface area contributed by atoms with Crippen molar-refractivity contribution in [1.29, 1.82) is 0 Å². The zero-order chi connectivity index (χ0) is 13.8. The average molecular weight is 258 g/mol. The van der Waals surface area contributed by atoms with Gasteiger partial charge in [-0.3, -0.25) is 10.1 Å². The highest BCUT2D eigenvalue weighted by molar-refractivity contribution is 6.08. The average Bonchev–Trinajstić information content (AvgIpc) is 2.45. The summed E-state index contributed by atoms with van der Waals surface area (Å²) >= 11 is 0. The van der Waals surface area contributed by atoms with E-state index in [9.17, 15) is 4.79 Å². The fraction of sp³-hybridized carbons (Fsp3) is 0.0769. The minimum atomic E-state index is -0.422. The zero-order valence-electron chi connectivity index (χ0n) is 10.4. The van der Waals surface area contributed by atoms with Crippen LogP contribution in [0.4, 0.5) is 0 Å². The number of fused-ring (bicyclic) bond motifs is 1. The molecule has 0 aromatic heterocycles. The van der Waals surface area contributed by atoms with Crippen LogP contribution in [0.5, 0.6) is 5.75 Å². The molecule has 0 aliphatic carbocycles. The molecule has 6 heteroatoms. The number of ether oxygens (including phenoxy) is 1. The Morgan fingerprint density at radius 2 is 1.89 bits per heavy atom. The van der Waals surface area contributed by atoms with Crippen LogP contribution in [0.1, 0.15) is 10.4 Å². The number of carbonyl (C=O) groups is 1. The number of nitrogens with one attached hydrogen (secondary N) is 1. The van der Waals surface area contributed by atoms with Crippen molar-refractivity contribution in [1.82, 2.24) is 5.32 Å². The molecule has 0 bridgehead atoms. The van der Waals surface area contributed by atoms with E-state index >= 15 is 0 Å². The molecule has 0 aliphatic rings. The molecule has 0 radical (unpaired) electrons. The Labute approximate surface area is 110 Å². The number of amides is 1. The van der Waals surface area contributed by atoms with E-state index in [-0.39, 0.29) is 5.96 Å². The van der Waals surface area contributed by atoms with Gasteiger partial charge in [0.1, 0.15) is 5.75 Å². The molecule has 19 heavy (non-hydrogen) atoms. The Morgan fingerprint density at radius 3 is 2.47 bits per heavy atom. The van der Waals surface area contributed by atoms with Crippen molar-refractivity contribution in [3.63, 3.8) is 0 Å².